The lowest BCUT2D eigenvalue weighted by Gasteiger charge is -2.13. The van der Waals surface area contributed by atoms with Crippen molar-refractivity contribution in [1.82, 2.24) is 5.32 Å². The van der Waals surface area contributed by atoms with E-state index in [9.17, 15) is 13.6 Å². The number of primary amides is 1. The largest absolute Gasteiger partial charge is 0.366 e. The minimum Gasteiger partial charge on any atom is -0.366 e. The smallest absolute Gasteiger partial charge is 0.249 e. The molecular weight excluding hydrogens is 282 g/mol. The highest BCUT2D eigenvalue weighted by atomic mass is 32.1. The van der Waals surface area contributed by atoms with Gasteiger partial charge in [-0.1, -0.05) is 6.07 Å². The summed E-state index contributed by atoms with van der Waals surface area (Å²) in [5.41, 5.74) is 6.32. The average molecular weight is 296 g/mol. The Morgan fingerprint density at radius 3 is 2.70 bits per heavy atom. The first kappa shape index (κ1) is 14.6. The number of thiophene rings is 1. The summed E-state index contributed by atoms with van der Waals surface area (Å²) in [6.45, 7) is 2.38. The molecule has 0 aliphatic carbocycles. The fourth-order valence-electron chi connectivity index (χ4n) is 1.76. The molecular formula is C14H14F2N2OS. The Hall–Kier alpha value is -1.79. The summed E-state index contributed by atoms with van der Waals surface area (Å²) in [6.07, 6.45) is 0. The van der Waals surface area contributed by atoms with Crippen molar-refractivity contribution >= 4 is 17.2 Å². The number of amides is 1. The van der Waals surface area contributed by atoms with Gasteiger partial charge in [0.2, 0.25) is 5.91 Å². The van der Waals surface area contributed by atoms with Gasteiger partial charge in [-0.25, -0.2) is 8.78 Å². The molecule has 1 aromatic carbocycles. The van der Waals surface area contributed by atoms with Crippen molar-refractivity contribution in [3.05, 3.63) is 57.3 Å². The van der Waals surface area contributed by atoms with E-state index in [1.807, 2.05) is 6.92 Å². The molecule has 1 unspecified atom stereocenters. The van der Waals surface area contributed by atoms with Crippen molar-refractivity contribution in [2.75, 3.05) is 0 Å². The maximum Gasteiger partial charge on any atom is 0.249 e. The van der Waals surface area contributed by atoms with Crippen molar-refractivity contribution in [2.24, 2.45) is 5.73 Å². The van der Waals surface area contributed by atoms with E-state index in [1.54, 1.807) is 17.5 Å². The van der Waals surface area contributed by atoms with E-state index >= 15 is 0 Å². The first-order valence-electron chi connectivity index (χ1n) is 6.03. The van der Waals surface area contributed by atoms with Gasteiger partial charge >= 0.3 is 0 Å². The van der Waals surface area contributed by atoms with Crippen LogP contribution < -0.4 is 11.1 Å². The highest BCUT2D eigenvalue weighted by Crippen LogP contribution is 2.18. The topological polar surface area (TPSA) is 55.1 Å². The number of nitrogens with two attached hydrogens (primary N) is 1. The number of carbonyl (C=O) groups excluding carboxylic acids is 1. The molecule has 1 amide bonds. The molecule has 0 spiro atoms. The molecule has 2 aromatic rings. The third-order valence-electron chi connectivity index (χ3n) is 2.96. The Morgan fingerprint density at radius 1 is 1.35 bits per heavy atom. The van der Waals surface area contributed by atoms with Crippen molar-refractivity contribution < 1.29 is 13.6 Å². The van der Waals surface area contributed by atoms with E-state index in [0.29, 0.717) is 17.7 Å². The third-order valence-corrected chi connectivity index (χ3v) is 3.90. The Bertz CT molecular complexity index is 627. The fraction of sp³-hybridized carbons (Fsp3) is 0.214. The van der Waals surface area contributed by atoms with E-state index < -0.39 is 17.5 Å². The first-order valence-corrected chi connectivity index (χ1v) is 6.91. The van der Waals surface area contributed by atoms with Crippen LogP contribution in [-0.4, -0.2) is 5.91 Å². The lowest BCUT2D eigenvalue weighted by molar-refractivity contribution is 0.100. The summed E-state index contributed by atoms with van der Waals surface area (Å²) in [5.74, 6) is -2.17. The molecule has 2 rings (SSSR count). The second-order valence-corrected chi connectivity index (χ2v) is 5.44. The van der Waals surface area contributed by atoms with Crippen LogP contribution in [0.4, 0.5) is 8.78 Å². The Balaban J connectivity index is 1.98. The molecule has 20 heavy (non-hydrogen) atoms. The van der Waals surface area contributed by atoms with Crippen LogP contribution in [-0.2, 0) is 6.54 Å². The number of carbonyl (C=O) groups is 1. The van der Waals surface area contributed by atoms with E-state index in [4.69, 9.17) is 5.73 Å². The van der Waals surface area contributed by atoms with Gasteiger partial charge in [-0.2, -0.15) is 0 Å². The molecule has 0 saturated heterocycles. The van der Waals surface area contributed by atoms with Crippen LogP contribution in [0.25, 0.3) is 0 Å². The zero-order valence-electron chi connectivity index (χ0n) is 10.8. The second kappa shape index (κ2) is 6.11. The molecule has 0 aliphatic heterocycles. The molecule has 0 aliphatic rings. The molecule has 3 nitrogen and oxygen atoms in total. The van der Waals surface area contributed by atoms with Gasteiger partial charge in [0, 0.05) is 22.8 Å². The van der Waals surface area contributed by atoms with Gasteiger partial charge in [0.25, 0.3) is 0 Å². The Morgan fingerprint density at radius 2 is 2.10 bits per heavy atom. The molecule has 0 saturated carbocycles. The van der Waals surface area contributed by atoms with Gasteiger partial charge in [0.15, 0.2) is 11.6 Å². The molecule has 0 bridgehead atoms. The zero-order chi connectivity index (χ0) is 14.7. The predicted octanol–water partition coefficient (Wildman–Crippen LogP) is 2.98. The van der Waals surface area contributed by atoms with Gasteiger partial charge in [0.1, 0.15) is 0 Å². The van der Waals surface area contributed by atoms with Crippen LogP contribution in [0.3, 0.4) is 0 Å². The van der Waals surface area contributed by atoms with Gasteiger partial charge in [-0.15, -0.1) is 11.3 Å². The van der Waals surface area contributed by atoms with Crippen LogP contribution in [0.2, 0.25) is 0 Å². The Kier molecular flexibility index (Phi) is 4.46. The zero-order valence-corrected chi connectivity index (χ0v) is 11.6. The maximum atomic E-state index is 13.1. The third kappa shape index (κ3) is 3.40. The van der Waals surface area contributed by atoms with E-state index in [1.165, 1.54) is 17.4 Å². The molecule has 3 N–H and O–H groups in total. The van der Waals surface area contributed by atoms with E-state index in [0.717, 1.165) is 10.9 Å². The van der Waals surface area contributed by atoms with E-state index in [2.05, 4.69) is 5.32 Å². The van der Waals surface area contributed by atoms with E-state index in [-0.39, 0.29) is 6.04 Å². The molecule has 0 fully saturated rings. The number of rotatable bonds is 5. The van der Waals surface area contributed by atoms with Crippen LogP contribution in [0, 0.1) is 11.6 Å². The number of benzene rings is 1. The summed E-state index contributed by atoms with van der Waals surface area (Å²) in [4.78, 5) is 11.9. The predicted molar refractivity (Wildman–Crippen MR) is 74.4 cm³/mol. The lowest BCUT2D eigenvalue weighted by atomic mass is 10.1. The van der Waals surface area contributed by atoms with Gasteiger partial charge in [-0.3, -0.25) is 4.79 Å². The minimum atomic E-state index is -0.858. The first-order chi connectivity index (χ1) is 9.47. The van der Waals surface area contributed by atoms with Crippen molar-refractivity contribution in [3.63, 3.8) is 0 Å². The van der Waals surface area contributed by atoms with Crippen molar-refractivity contribution in [3.8, 4) is 0 Å². The van der Waals surface area contributed by atoms with Gasteiger partial charge < -0.3 is 11.1 Å². The summed E-state index contributed by atoms with van der Waals surface area (Å²) in [6, 6.07) is 5.41. The highest BCUT2D eigenvalue weighted by Gasteiger charge is 2.10. The van der Waals surface area contributed by atoms with Crippen LogP contribution in [0.1, 0.15) is 33.8 Å². The fourth-order valence-corrected chi connectivity index (χ4v) is 2.58. The standard InChI is InChI=1S/C14H14F2N2OS/c1-8(9-2-3-12(15)13(16)5-9)18-6-11-4-10(7-20-11)14(17)19/h2-5,7-8,18H,6H2,1H3,(H2,17,19). The number of hydrogen-bond acceptors (Lipinski definition) is 3. The lowest BCUT2D eigenvalue weighted by Crippen LogP contribution is -2.17. The van der Waals surface area contributed by atoms with Crippen LogP contribution in [0.15, 0.2) is 29.6 Å². The number of halogens is 2. The molecule has 6 heteroatoms. The summed E-state index contributed by atoms with van der Waals surface area (Å²) >= 11 is 1.42. The number of nitrogens with one attached hydrogen (secondary N) is 1. The summed E-state index contributed by atoms with van der Waals surface area (Å²) in [5, 5.41) is 4.88. The SMILES string of the molecule is CC(NCc1cc(C(N)=O)cs1)c1ccc(F)c(F)c1. The minimum absolute atomic E-state index is 0.135. The highest BCUT2D eigenvalue weighted by molar-refractivity contribution is 7.10. The molecule has 1 heterocycles. The van der Waals surface area contributed by atoms with Gasteiger partial charge in [-0.05, 0) is 30.7 Å². The number of hydrogen-bond donors (Lipinski definition) is 2. The van der Waals surface area contributed by atoms with Crippen LogP contribution >= 0.6 is 11.3 Å². The molecule has 1 aromatic heterocycles. The van der Waals surface area contributed by atoms with Gasteiger partial charge in [0.05, 0.1) is 5.56 Å². The quantitative estimate of drug-likeness (QED) is 0.891. The van der Waals surface area contributed by atoms with Crippen molar-refractivity contribution in [1.29, 1.82) is 0 Å². The summed E-state index contributed by atoms with van der Waals surface area (Å²) in [7, 11) is 0. The monoisotopic (exact) mass is 296 g/mol. The maximum absolute atomic E-state index is 13.1. The Labute approximate surface area is 119 Å². The second-order valence-electron chi connectivity index (χ2n) is 4.44. The van der Waals surface area contributed by atoms with Crippen molar-refractivity contribution in [2.45, 2.75) is 19.5 Å². The van der Waals surface area contributed by atoms with Crippen LogP contribution in [0.5, 0.6) is 0 Å². The molecule has 106 valence electrons. The molecule has 1 atom stereocenters. The average Bonchev–Trinajstić information content (AvgIpc) is 2.88. The normalized spacial score (nSPS) is 12.3. The summed E-state index contributed by atoms with van der Waals surface area (Å²) < 4.78 is 26.0. The molecule has 0 radical (unpaired) electrons.